The molecule has 2 aliphatic heterocycles. The fourth-order valence-electron chi connectivity index (χ4n) is 7.68. The van der Waals surface area contributed by atoms with Crippen molar-refractivity contribution >= 4 is 68.8 Å². The summed E-state index contributed by atoms with van der Waals surface area (Å²) in [5, 5.41) is 15.5. The first-order valence-corrected chi connectivity index (χ1v) is 19.0. The molecule has 4 fully saturated rings. The zero-order chi connectivity index (χ0) is 35.9. The molecule has 0 unspecified atom stereocenters. The third-order valence-electron chi connectivity index (χ3n) is 10.5. The maximum absolute atomic E-state index is 17.2. The van der Waals surface area contributed by atoms with Crippen LogP contribution in [0, 0.1) is 28.5 Å². The first-order chi connectivity index (χ1) is 23.7. The van der Waals surface area contributed by atoms with Crippen molar-refractivity contribution in [2.75, 3.05) is 12.8 Å². The topological polar surface area (TPSA) is 100 Å². The highest BCUT2D eigenvalue weighted by Gasteiger charge is 2.56. The van der Waals surface area contributed by atoms with Gasteiger partial charge in [-0.05, 0) is 83.4 Å². The summed E-state index contributed by atoms with van der Waals surface area (Å²) in [6, 6.07) is 10.7. The van der Waals surface area contributed by atoms with Gasteiger partial charge in [-0.15, -0.1) is 11.8 Å². The lowest BCUT2D eigenvalue weighted by Crippen LogP contribution is -2.45. The van der Waals surface area contributed by atoms with Gasteiger partial charge in [0.2, 0.25) is 5.91 Å². The van der Waals surface area contributed by atoms with Crippen LogP contribution in [0.5, 0.6) is 0 Å². The zero-order valence-electron chi connectivity index (χ0n) is 29.0. The van der Waals surface area contributed by atoms with Crippen LogP contribution >= 0.6 is 35.0 Å². The lowest BCUT2D eigenvalue weighted by atomic mass is 9.79. The van der Waals surface area contributed by atoms with Crippen LogP contribution in [-0.4, -0.2) is 50.9 Å². The summed E-state index contributed by atoms with van der Waals surface area (Å²) in [5.41, 5.74) is 2.15. The van der Waals surface area contributed by atoms with Crippen LogP contribution in [0.25, 0.3) is 32.9 Å². The number of nitriles is 1. The molecule has 8 rings (SSSR count). The van der Waals surface area contributed by atoms with Crippen molar-refractivity contribution < 1.29 is 18.7 Å². The van der Waals surface area contributed by atoms with E-state index in [0.29, 0.717) is 33.1 Å². The summed E-state index contributed by atoms with van der Waals surface area (Å²) in [6.07, 6.45) is 4.53. The fourth-order valence-corrected chi connectivity index (χ4v) is 8.63. The molecule has 8 nitrogen and oxygen atoms in total. The number of nitrogens with zero attached hydrogens (tertiary/aromatic N) is 4. The van der Waals surface area contributed by atoms with Crippen molar-refractivity contribution in [3.8, 4) is 17.2 Å². The first-order valence-electron chi connectivity index (χ1n) is 17.0. The maximum Gasteiger partial charge on any atom is 0.410 e. The molecule has 4 aliphatic rings. The number of hydrogen-bond acceptors (Lipinski definition) is 6. The normalized spacial score (nSPS) is 21.2. The third kappa shape index (κ3) is 5.79. The quantitative estimate of drug-likeness (QED) is 0.181. The molecule has 12 heteroatoms. The van der Waals surface area contributed by atoms with Gasteiger partial charge < -0.3 is 19.5 Å². The molecule has 2 bridgehead atoms. The van der Waals surface area contributed by atoms with Crippen LogP contribution in [0.3, 0.4) is 0 Å². The maximum atomic E-state index is 17.2. The molecule has 2 aromatic carbocycles. The number of carbonyl (C=O) groups is 2. The molecule has 2 aromatic heterocycles. The van der Waals surface area contributed by atoms with Crippen molar-refractivity contribution in [1.82, 2.24) is 19.8 Å². The van der Waals surface area contributed by atoms with Gasteiger partial charge >= 0.3 is 6.09 Å². The highest BCUT2D eigenvalue weighted by molar-refractivity contribution is 7.98. The average molecular weight is 737 g/mol. The van der Waals surface area contributed by atoms with Crippen molar-refractivity contribution in [2.45, 2.75) is 95.5 Å². The van der Waals surface area contributed by atoms with Crippen molar-refractivity contribution in [3.63, 3.8) is 0 Å². The number of nitrogens with one attached hydrogen (secondary N) is 1. The molecule has 1 N–H and O–H groups in total. The van der Waals surface area contributed by atoms with E-state index < -0.39 is 11.4 Å². The van der Waals surface area contributed by atoms with Gasteiger partial charge in [0, 0.05) is 51.9 Å². The summed E-state index contributed by atoms with van der Waals surface area (Å²) in [5.74, 6) is -0.394. The van der Waals surface area contributed by atoms with E-state index in [4.69, 9.17) is 32.9 Å². The van der Waals surface area contributed by atoms with E-state index in [1.807, 2.05) is 51.8 Å². The second-order valence-electron chi connectivity index (χ2n) is 15.1. The number of aromatic nitrogens is 2. The molecule has 4 heterocycles. The monoisotopic (exact) mass is 735 g/mol. The Morgan fingerprint density at radius 2 is 1.98 bits per heavy atom. The Hall–Kier alpha value is -3.52. The number of halogens is 3. The molecule has 0 radical (unpaired) electrons. The smallest absolute Gasteiger partial charge is 0.410 e. The van der Waals surface area contributed by atoms with Gasteiger partial charge in [0.25, 0.3) is 0 Å². The number of hydrogen-bond donors (Lipinski definition) is 1. The number of amides is 2. The van der Waals surface area contributed by atoms with Crippen LogP contribution in [0.1, 0.15) is 83.6 Å². The van der Waals surface area contributed by atoms with E-state index in [1.165, 1.54) is 11.8 Å². The van der Waals surface area contributed by atoms with Crippen molar-refractivity contribution in [1.29, 1.82) is 5.26 Å². The lowest BCUT2D eigenvalue weighted by molar-refractivity contribution is -0.126. The number of rotatable bonds is 8. The standard InChI is InChI=1S/C38H40Cl2FN5O3S/c1-19(43-35(47)38(5)12-13-38)26-17-24-33(46(26)32-21-16-27(32)45(18-21)36(48)49-37(2,3)4)23-15-20(9-8-14-42)28(22-10-7-11-25(39)29(22)40)30(41)31(23)44-34(24)50-6/h7,10-11,15,17,19,21,27,32H,8-9,12-13,16,18H2,1-6H3,(H,43,47)/t19-,21-,27-,32+/m1/s1. The molecule has 2 saturated heterocycles. The second-order valence-corrected chi connectivity index (χ2v) is 16.7. The lowest BCUT2D eigenvalue weighted by Gasteiger charge is -2.40. The van der Waals surface area contributed by atoms with Gasteiger partial charge in [-0.25, -0.2) is 14.2 Å². The van der Waals surface area contributed by atoms with Crippen molar-refractivity contribution in [3.05, 3.63) is 57.5 Å². The molecule has 4 atom stereocenters. The Labute approximate surface area is 305 Å². The van der Waals surface area contributed by atoms with Crippen LogP contribution in [0.2, 0.25) is 10.0 Å². The molecule has 2 aliphatic carbocycles. The van der Waals surface area contributed by atoms with E-state index in [0.717, 1.165) is 35.9 Å². The van der Waals surface area contributed by atoms with Crippen LogP contribution < -0.4 is 5.32 Å². The molecule has 50 heavy (non-hydrogen) atoms. The molecular formula is C38H40Cl2FN5O3S. The highest BCUT2D eigenvalue weighted by Crippen LogP contribution is 2.54. The molecule has 2 saturated carbocycles. The highest BCUT2D eigenvalue weighted by atomic mass is 35.5. The Kier molecular flexibility index (Phi) is 8.80. The van der Waals surface area contributed by atoms with Crippen LogP contribution in [0.4, 0.5) is 9.18 Å². The summed E-state index contributed by atoms with van der Waals surface area (Å²) < 4.78 is 25.2. The van der Waals surface area contributed by atoms with Gasteiger partial charge in [-0.1, -0.05) is 42.3 Å². The number of benzene rings is 2. The van der Waals surface area contributed by atoms with Gasteiger partial charge in [-0.3, -0.25) is 4.79 Å². The second kappa shape index (κ2) is 12.6. The minimum absolute atomic E-state index is 0.00900. The third-order valence-corrected chi connectivity index (χ3v) is 12.0. The molecule has 4 aromatic rings. The van der Waals surface area contributed by atoms with Gasteiger partial charge in [0.1, 0.15) is 16.1 Å². The van der Waals surface area contributed by atoms with Crippen molar-refractivity contribution in [2.24, 2.45) is 11.3 Å². The number of thioether (sulfide) groups is 1. The first kappa shape index (κ1) is 34.9. The summed E-state index contributed by atoms with van der Waals surface area (Å²) in [6.45, 7) is 10.1. The summed E-state index contributed by atoms with van der Waals surface area (Å²) in [4.78, 5) is 33.5. The van der Waals surface area contributed by atoms with E-state index in [9.17, 15) is 14.9 Å². The van der Waals surface area contributed by atoms with E-state index in [2.05, 4.69) is 22.0 Å². The molecule has 0 spiro atoms. The molecule has 262 valence electrons. The molecule has 2 amide bonds. The van der Waals surface area contributed by atoms with Crippen LogP contribution in [-0.2, 0) is 16.0 Å². The number of pyridine rings is 1. The van der Waals surface area contributed by atoms with Gasteiger partial charge in [0.05, 0.1) is 39.8 Å². The number of ether oxygens (including phenoxy) is 1. The predicted molar refractivity (Wildman–Crippen MR) is 196 cm³/mol. The summed E-state index contributed by atoms with van der Waals surface area (Å²) in [7, 11) is 0. The SMILES string of the molecule is CSc1nc2c(F)c(-c3cccc(Cl)c3Cl)c(CCC#N)cc2c2c1cc([C@@H](C)NC(=O)C1(C)CC1)n2[C@H]1[C@@H]2C[C@H]1N(C(=O)OC(C)(C)C)C2. The molecular weight excluding hydrogens is 696 g/mol. The minimum atomic E-state index is -0.640. The van der Waals surface area contributed by atoms with E-state index in [1.54, 1.807) is 18.2 Å². The Morgan fingerprint density at radius 3 is 2.64 bits per heavy atom. The van der Waals surface area contributed by atoms with Gasteiger partial charge in [-0.2, -0.15) is 5.26 Å². The minimum Gasteiger partial charge on any atom is -0.444 e. The zero-order valence-corrected chi connectivity index (χ0v) is 31.3. The van der Waals surface area contributed by atoms with E-state index >= 15 is 4.39 Å². The number of aryl methyl sites for hydroxylation is 1. The Morgan fingerprint density at radius 1 is 1.24 bits per heavy atom. The fraction of sp³-hybridized carbons (Fsp3) is 0.474. The number of carbonyl (C=O) groups excluding carboxylic acids is 2. The summed E-state index contributed by atoms with van der Waals surface area (Å²) >= 11 is 14.5. The Bertz CT molecular complexity index is 2120. The van der Waals surface area contributed by atoms with Crippen LogP contribution in [0.15, 0.2) is 35.4 Å². The largest absolute Gasteiger partial charge is 0.444 e. The Balaban J connectivity index is 1.48. The van der Waals surface area contributed by atoms with E-state index in [-0.39, 0.29) is 70.4 Å². The number of fused-ring (bicyclic) bond motifs is 4. The predicted octanol–water partition coefficient (Wildman–Crippen LogP) is 9.64. The average Bonchev–Trinajstić information content (AvgIpc) is 3.37. The van der Waals surface area contributed by atoms with Gasteiger partial charge in [0.15, 0.2) is 5.82 Å².